The van der Waals surface area contributed by atoms with E-state index in [9.17, 15) is 13.2 Å². The molecule has 0 bridgehead atoms. The molecule has 24 heavy (non-hydrogen) atoms. The zero-order valence-corrected chi connectivity index (χ0v) is 14.2. The van der Waals surface area contributed by atoms with Crippen molar-refractivity contribution < 1.29 is 17.9 Å². The summed E-state index contributed by atoms with van der Waals surface area (Å²) in [6.45, 7) is 2.50. The van der Waals surface area contributed by atoms with Gasteiger partial charge in [0.1, 0.15) is 5.75 Å². The number of nitrogens with one attached hydrogen (secondary N) is 1. The Morgan fingerprint density at radius 3 is 2.25 bits per heavy atom. The molecule has 0 aromatic heterocycles. The van der Waals surface area contributed by atoms with Crippen molar-refractivity contribution in [3.05, 3.63) is 54.1 Å². The number of anilines is 1. The molecule has 7 heteroatoms. The van der Waals surface area contributed by atoms with Crippen molar-refractivity contribution in [2.75, 3.05) is 11.9 Å². The van der Waals surface area contributed by atoms with Crippen LogP contribution in [0.5, 0.6) is 5.75 Å². The number of ether oxygens (including phenoxy) is 1. The van der Waals surface area contributed by atoms with E-state index in [4.69, 9.17) is 9.88 Å². The van der Waals surface area contributed by atoms with Crippen LogP contribution >= 0.6 is 0 Å². The molecule has 2 aromatic carbocycles. The second-order valence-corrected chi connectivity index (χ2v) is 6.76. The van der Waals surface area contributed by atoms with Crippen LogP contribution in [0.3, 0.4) is 0 Å². The summed E-state index contributed by atoms with van der Waals surface area (Å²) < 4.78 is 27.7. The molecular formula is C17H20N2O4S. The second kappa shape index (κ2) is 7.94. The van der Waals surface area contributed by atoms with E-state index in [0.29, 0.717) is 25.1 Å². The smallest absolute Gasteiger partial charge is 0.238 e. The molecule has 2 aromatic rings. The number of aryl methyl sites for hydroxylation is 1. The van der Waals surface area contributed by atoms with Crippen molar-refractivity contribution >= 4 is 21.6 Å². The molecule has 0 aliphatic heterocycles. The lowest BCUT2D eigenvalue weighted by atomic mass is 10.1. The molecule has 0 aliphatic carbocycles. The Kier molecular flexibility index (Phi) is 5.94. The molecule has 6 nitrogen and oxygen atoms in total. The average Bonchev–Trinajstić information content (AvgIpc) is 2.55. The quantitative estimate of drug-likeness (QED) is 0.802. The number of carbonyl (C=O) groups is 1. The molecule has 128 valence electrons. The predicted octanol–water partition coefficient (Wildman–Crippen LogP) is 2.30. The molecule has 0 heterocycles. The van der Waals surface area contributed by atoms with Crippen LogP contribution in [0.2, 0.25) is 0 Å². The molecular weight excluding hydrogens is 328 g/mol. The van der Waals surface area contributed by atoms with Crippen molar-refractivity contribution in [3.8, 4) is 5.75 Å². The van der Waals surface area contributed by atoms with Gasteiger partial charge in [-0.1, -0.05) is 12.1 Å². The fourth-order valence-corrected chi connectivity index (χ4v) is 2.64. The van der Waals surface area contributed by atoms with E-state index in [1.54, 1.807) is 36.4 Å². The van der Waals surface area contributed by atoms with Crippen LogP contribution in [0.25, 0.3) is 0 Å². The Morgan fingerprint density at radius 2 is 1.71 bits per heavy atom. The van der Waals surface area contributed by atoms with Gasteiger partial charge in [-0.2, -0.15) is 0 Å². The van der Waals surface area contributed by atoms with Gasteiger partial charge >= 0.3 is 0 Å². The first kappa shape index (κ1) is 18.0. The number of amides is 1. The Hall–Kier alpha value is -2.38. The molecule has 0 fully saturated rings. The van der Waals surface area contributed by atoms with E-state index in [1.807, 2.05) is 6.92 Å². The number of hydrogen-bond acceptors (Lipinski definition) is 4. The van der Waals surface area contributed by atoms with E-state index < -0.39 is 10.0 Å². The molecule has 0 radical (unpaired) electrons. The van der Waals surface area contributed by atoms with Crippen molar-refractivity contribution in [1.29, 1.82) is 0 Å². The van der Waals surface area contributed by atoms with Gasteiger partial charge < -0.3 is 10.1 Å². The highest BCUT2D eigenvalue weighted by Gasteiger charge is 2.08. The van der Waals surface area contributed by atoms with Crippen LogP contribution in [0, 0.1) is 0 Å². The summed E-state index contributed by atoms with van der Waals surface area (Å²) in [6.07, 6.45) is 0.801. The number of carbonyl (C=O) groups excluding carboxylic acids is 1. The number of sulfonamides is 1. The number of benzene rings is 2. The van der Waals surface area contributed by atoms with E-state index >= 15 is 0 Å². The van der Waals surface area contributed by atoms with Gasteiger partial charge in [-0.05, 0) is 55.3 Å². The van der Waals surface area contributed by atoms with Gasteiger partial charge in [0.25, 0.3) is 0 Å². The van der Waals surface area contributed by atoms with Gasteiger partial charge in [-0.25, -0.2) is 13.6 Å². The molecule has 0 saturated heterocycles. The fourth-order valence-electron chi connectivity index (χ4n) is 2.13. The Bertz CT molecular complexity index is 784. The molecule has 0 unspecified atom stereocenters. The molecule has 1 amide bonds. The normalized spacial score (nSPS) is 11.1. The minimum Gasteiger partial charge on any atom is -0.494 e. The molecule has 0 saturated carbocycles. The summed E-state index contributed by atoms with van der Waals surface area (Å²) >= 11 is 0. The highest BCUT2D eigenvalue weighted by atomic mass is 32.2. The van der Waals surface area contributed by atoms with Gasteiger partial charge in [0.15, 0.2) is 0 Å². The Labute approximate surface area is 141 Å². The second-order valence-electron chi connectivity index (χ2n) is 5.19. The number of primary sulfonamides is 1. The third kappa shape index (κ3) is 5.36. The number of hydrogen-bond donors (Lipinski definition) is 2. The third-order valence-corrected chi connectivity index (χ3v) is 4.27. The van der Waals surface area contributed by atoms with Gasteiger partial charge in [0, 0.05) is 12.1 Å². The lowest BCUT2D eigenvalue weighted by Gasteiger charge is -2.07. The fraction of sp³-hybridized carbons (Fsp3) is 0.235. The first-order chi connectivity index (χ1) is 11.4. The third-order valence-electron chi connectivity index (χ3n) is 3.34. The van der Waals surface area contributed by atoms with Gasteiger partial charge in [-0.15, -0.1) is 0 Å². The molecule has 0 aliphatic rings. The summed E-state index contributed by atoms with van der Waals surface area (Å²) in [5.41, 5.74) is 1.57. The van der Waals surface area contributed by atoms with Crippen LogP contribution in [0.4, 0.5) is 5.69 Å². The topological polar surface area (TPSA) is 98.5 Å². The predicted molar refractivity (Wildman–Crippen MR) is 92.4 cm³/mol. The summed E-state index contributed by atoms with van der Waals surface area (Å²) in [7, 11) is -3.69. The lowest BCUT2D eigenvalue weighted by molar-refractivity contribution is -0.116. The van der Waals surface area contributed by atoms with Crippen LogP contribution in [0.1, 0.15) is 18.9 Å². The monoisotopic (exact) mass is 348 g/mol. The zero-order chi connectivity index (χ0) is 17.6. The first-order valence-electron chi connectivity index (χ1n) is 7.53. The SMILES string of the molecule is CCOc1ccc(NC(=O)CCc2ccc(S(N)(=O)=O)cc2)cc1. The molecule has 0 spiro atoms. The van der Waals surface area contributed by atoms with E-state index in [0.717, 1.165) is 11.3 Å². The Morgan fingerprint density at radius 1 is 1.08 bits per heavy atom. The van der Waals surface area contributed by atoms with Crippen molar-refractivity contribution in [3.63, 3.8) is 0 Å². The van der Waals surface area contributed by atoms with Crippen LogP contribution in [-0.4, -0.2) is 20.9 Å². The highest BCUT2D eigenvalue weighted by Crippen LogP contribution is 2.16. The maximum absolute atomic E-state index is 12.0. The largest absolute Gasteiger partial charge is 0.494 e. The number of rotatable bonds is 7. The van der Waals surface area contributed by atoms with Gasteiger partial charge in [-0.3, -0.25) is 4.79 Å². The first-order valence-corrected chi connectivity index (χ1v) is 9.07. The maximum Gasteiger partial charge on any atom is 0.238 e. The van der Waals surface area contributed by atoms with Gasteiger partial charge in [0.05, 0.1) is 11.5 Å². The van der Waals surface area contributed by atoms with Crippen LogP contribution in [-0.2, 0) is 21.2 Å². The van der Waals surface area contributed by atoms with E-state index in [1.165, 1.54) is 12.1 Å². The summed E-state index contributed by atoms with van der Waals surface area (Å²) in [4.78, 5) is 12.0. The molecule has 2 rings (SSSR count). The van der Waals surface area contributed by atoms with E-state index in [2.05, 4.69) is 5.32 Å². The van der Waals surface area contributed by atoms with Crippen molar-refractivity contribution in [2.45, 2.75) is 24.7 Å². The van der Waals surface area contributed by atoms with Crippen molar-refractivity contribution in [1.82, 2.24) is 0 Å². The standard InChI is InChI=1S/C17H20N2O4S/c1-2-23-15-8-6-14(7-9-15)19-17(20)12-5-13-3-10-16(11-4-13)24(18,21)22/h3-4,6-11H,2,5,12H2,1H3,(H,19,20)(H2,18,21,22). The Balaban J connectivity index is 1.86. The van der Waals surface area contributed by atoms with E-state index in [-0.39, 0.29) is 10.8 Å². The van der Waals surface area contributed by atoms with Crippen LogP contribution in [0.15, 0.2) is 53.4 Å². The lowest BCUT2D eigenvalue weighted by Crippen LogP contribution is -2.13. The minimum atomic E-state index is -3.69. The van der Waals surface area contributed by atoms with Gasteiger partial charge in [0.2, 0.25) is 15.9 Å². The zero-order valence-electron chi connectivity index (χ0n) is 13.4. The molecule has 0 atom stereocenters. The maximum atomic E-state index is 12.0. The number of nitrogens with two attached hydrogens (primary N) is 1. The minimum absolute atomic E-state index is 0.0603. The summed E-state index contributed by atoms with van der Waals surface area (Å²) in [6, 6.07) is 13.3. The summed E-state index contributed by atoms with van der Waals surface area (Å²) in [5, 5.41) is 7.85. The average molecular weight is 348 g/mol. The summed E-state index contributed by atoms with van der Waals surface area (Å²) in [5.74, 6) is 0.639. The molecule has 3 N–H and O–H groups in total. The highest BCUT2D eigenvalue weighted by molar-refractivity contribution is 7.89. The van der Waals surface area contributed by atoms with Crippen LogP contribution < -0.4 is 15.2 Å². The van der Waals surface area contributed by atoms with Crippen molar-refractivity contribution in [2.24, 2.45) is 5.14 Å².